The van der Waals surface area contributed by atoms with Crippen molar-refractivity contribution in [2.24, 2.45) is 0 Å². The number of ketones is 1. The van der Waals surface area contributed by atoms with Gasteiger partial charge in [-0.3, -0.25) is 19.5 Å². The molecule has 0 bridgehead atoms. The number of aliphatic hydroxyl groups excluding tert-OH is 1. The molecular weight excluding hydrogens is 456 g/mol. The zero-order valence-electron chi connectivity index (χ0n) is 20.3. The number of aliphatic hydroxyl groups is 1. The van der Waals surface area contributed by atoms with Crippen LogP contribution in [0, 0.1) is 0 Å². The average molecular weight is 485 g/mol. The lowest BCUT2D eigenvalue weighted by Crippen LogP contribution is -2.44. The quantitative estimate of drug-likeness (QED) is 0.337. The number of Topliss-reactive ketones (excluding diaryl/α,β-unsaturated/α-hetero) is 1. The van der Waals surface area contributed by atoms with Crippen molar-refractivity contribution in [3.63, 3.8) is 0 Å². The van der Waals surface area contributed by atoms with Crippen LogP contribution in [-0.2, 0) is 9.59 Å². The number of carbonyl (C=O) groups excluding carboxylic acids is 2. The molecule has 1 atom stereocenters. The fourth-order valence-corrected chi connectivity index (χ4v) is 4.75. The Kier molecular flexibility index (Phi) is 6.43. The number of benzene rings is 2. The van der Waals surface area contributed by atoms with Gasteiger partial charge >= 0.3 is 0 Å². The van der Waals surface area contributed by atoms with Crippen molar-refractivity contribution in [1.29, 1.82) is 0 Å². The summed E-state index contributed by atoms with van der Waals surface area (Å²) in [7, 11) is 3.67. The zero-order chi connectivity index (χ0) is 25.2. The number of piperazine rings is 1. The smallest absolute Gasteiger partial charge is 0.300 e. The Hall–Kier alpha value is -4.17. The summed E-state index contributed by atoms with van der Waals surface area (Å²) < 4.78 is 5.20. The maximum absolute atomic E-state index is 13.3. The number of aromatic nitrogens is 1. The average Bonchev–Trinajstić information content (AvgIpc) is 3.19. The molecule has 0 aliphatic carbocycles. The van der Waals surface area contributed by atoms with Crippen LogP contribution in [-0.4, -0.2) is 67.0 Å². The molecule has 36 heavy (non-hydrogen) atoms. The maximum Gasteiger partial charge on any atom is 0.300 e. The molecule has 1 N–H and O–H groups in total. The van der Waals surface area contributed by atoms with E-state index in [9.17, 15) is 14.7 Å². The first-order valence-electron chi connectivity index (χ1n) is 11.9. The van der Waals surface area contributed by atoms with E-state index in [2.05, 4.69) is 21.8 Å². The lowest BCUT2D eigenvalue weighted by Gasteiger charge is -2.34. The zero-order valence-corrected chi connectivity index (χ0v) is 20.3. The van der Waals surface area contributed by atoms with Gasteiger partial charge in [0.05, 0.1) is 18.7 Å². The Morgan fingerprint density at radius 2 is 1.50 bits per heavy atom. The largest absolute Gasteiger partial charge is 0.507 e. The van der Waals surface area contributed by atoms with Crippen molar-refractivity contribution in [2.75, 3.05) is 50.1 Å². The second-order valence-electron chi connectivity index (χ2n) is 8.98. The minimum Gasteiger partial charge on any atom is -0.507 e. The number of anilines is 2. The summed E-state index contributed by atoms with van der Waals surface area (Å²) in [5.74, 6) is -1.01. The Labute approximate surface area is 210 Å². The van der Waals surface area contributed by atoms with E-state index in [-0.39, 0.29) is 11.3 Å². The second kappa shape index (κ2) is 9.83. The van der Waals surface area contributed by atoms with Crippen molar-refractivity contribution in [3.8, 4) is 5.75 Å². The number of nitrogens with zero attached hydrogens (tertiary/aromatic N) is 4. The van der Waals surface area contributed by atoms with Crippen LogP contribution in [0.4, 0.5) is 11.4 Å². The monoisotopic (exact) mass is 484 g/mol. The van der Waals surface area contributed by atoms with Gasteiger partial charge in [-0.25, -0.2) is 0 Å². The van der Waals surface area contributed by atoms with E-state index < -0.39 is 17.7 Å². The van der Waals surface area contributed by atoms with Gasteiger partial charge in [-0.15, -0.1) is 0 Å². The molecule has 5 rings (SSSR count). The van der Waals surface area contributed by atoms with E-state index in [0.717, 1.165) is 31.9 Å². The molecule has 2 saturated heterocycles. The molecule has 3 heterocycles. The summed E-state index contributed by atoms with van der Waals surface area (Å²) in [6, 6.07) is 17.1. The Morgan fingerprint density at radius 3 is 2.11 bits per heavy atom. The molecule has 2 aliphatic rings. The van der Waals surface area contributed by atoms with Crippen molar-refractivity contribution in [2.45, 2.75) is 6.04 Å². The molecule has 3 aromatic rings. The van der Waals surface area contributed by atoms with Gasteiger partial charge in [0, 0.05) is 55.5 Å². The maximum atomic E-state index is 13.3. The molecule has 0 radical (unpaired) electrons. The number of pyridine rings is 1. The van der Waals surface area contributed by atoms with E-state index >= 15 is 0 Å². The predicted molar refractivity (Wildman–Crippen MR) is 138 cm³/mol. The van der Waals surface area contributed by atoms with Gasteiger partial charge < -0.3 is 19.6 Å². The summed E-state index contributed by atoms with van der Waals surface area (Å²) in [6.07, 6.45) is 3.22. The van der Waals surface area contributed by atoms with Crippen molar-refractivity contribution in [1.82, 2.24) is 9.88 Å². The molecule has 1 amide bonds. The summed E-state index contributed by atoms with van der Waals surface area (Å²) >= 11 is 0. The Balaban J connectivity index is 1.55. The first-order valence-corrected chi connectivity index (χ1v) is 11.9. The van der Waals surface area contributed by atoms with Crippen LogP contribution in [0.15, 0.2) is 78.6 Å². The van der Waals surface area contributed by atoms with E-state index in [1.54, 1.807) is 55.9 Å². The highest BCUT2D eigenvalue weighted by atomic mass is 16.5. The van der Waals surface area contributed by atoms with Gasteiger partial charge in [0.2, 0.25) is 0 Å². The van der Waals surface area contributed by atoms with Gasteiger partial charge in [0.1, 0.15) is 11.5 Å². The lowest BCUT2D eigenvalue weighted by atomic mass is 9.95. The van der Waals surface area contributed by atoms with Crippen molar-refractivity contribution < 1.29 is 19.4 Å². The number of carbonyl (C=O) groups is 2. The molecule has 8 heteroatoms. The van der Waals surface area contributed by atoms with Crippen molar-refractivity contribution in [3.05, 3.63) is 89.8 Å². The SMILES string of the molecule is COc1ccc(/C(O)=C2\C(=O)C(=O)N(c3ccc(N4CCN(C)CC4)cc3)C2c2ccncc2)cc1. The van der Waals surface area contributed by atoms with Crippen LogP contribution in [0.3, 0.4) is 0 Å². The third-order valence-corrected chi connectivity index (χ3v) is 6.83. The third-order valence-electron chi connectivity index (χ3n) is 6.83. The molecule has 0 spiro atoms. The van der Waals surface area contributed by atoms with Crippen LogP contribution in [0.25, 0.3) is 5.76 Å². The Bertz CT molecular complexity index is 1280. The van der Waals surface area contributed by atoms with Crippen LogP contribution >= 0.6 is 0 Å². The fraction of sp³-hybridized carbons (Fsp3) is 0.250. The van der Waals surface area contributed by atoms with E-state index in [1.807, 2.05) is 24.3 Å². The number of ether oxygens (including phenoxy) is 1. The molecule has 2 fully saturated rings. The molecule has 1 unspecified atom stereocenters. The topological polar surface area (TPSA) is 86.2 Å². The molecule has 2 aliphatic heterocycles. The number of hydrogen-bond donors (Lipinski definition) is 1. The molecular formula is C28H28N4O4. The van der Waals surface area contributed by atoms with Gasteiger partial charge in [0.15, 0.2) is 0 Å². The van der Waals surface area contributed by atoms with Gasteiger partial charge in [-0.2, -0.15) is 0 Å². The third kappa shape index (κ3) is 4.31. The number of hydrogen-bond acceptors (Lipinski definition) is 7. The van der Waals surface area contributed by atoms with Gasteiger partial charge in [-0.05, 0) is 73.3 Å². The van der Waals surface area contributed by atoms with Gasteiger partial charge in [0.25, 0.3) is 11.7 Å². The summed E-state index contributed by atoms with van der Waals surface area (Å²) in [5.41, 5.74) is 2.81. The Morgan fingerprint density at radius 1 is 0.889 bits per heavy atom. The highest BCUT2D eigenvalue weighted by Crippen LogP contribution is 2.42. The minimum absolute atomic E-state index is 0.0412. The summed E-state index contributed by atoms with van der Waals surface area (Å²) in [6.45, 7) is 3.84. The summed E-state index contributed by atoms with van der Waals surface area (Å²) in [4.78, 5) is 36.8. The predicted octanol–water partition coefficient (Wildman–Crippen LogP) is 3.47. The molecule has 184 valence electrons. The molecule has 2 aromatic carbocycles. The van der Waals surface area contributed by atoms with E-state index in [1.165, 1.54) is 4.90 Å². The van der Waals surface area contributed by atoms with Crippen LogP contribution in [0.5, 0.6) is 5.75 Å². The second-order valence-corrected chi connectivity index (χ2v) is 8.98. The number of methoxy groups -OCH3 is 1. The molecule has 1 aromatic heterocycles. The lowest BCUT2D eigenvalue weighted by molar-refractivity contribution is -0.132. The van der Waals surface area contributed by atoms with Crippen LogP contribution in [0.2, 0.25) is 0 Å². The molecule has 0 saturated carbocycles. The van der Waals surface area contributed by atoms with E-state index in [4.69, 9.17) is 4.74 Å². The first kappa shape index (κ1) is 23.6. The van der Waals surface area contributed by atoms with Crippen molar-refractivity contribution >= 4 is 28.8 Å². The minimum atomic E-state index is -0.787. The van der Waals surface area contributed by atoms with Crippen LogP contribution < -0.4 is 14.5 Å². The number of amides is 1. The normalized spacial score (nSPS) is 20.1. The van der Waals surface area contributed by atoms with Gasteiger partial charge in [-0.1, -0.05) is 0 Å². The number of likely N-dealkylation sites (N-methyl/N-ethyl adjacent to an activating group) is 1. The first-order chi connectivity index (χ1) is 17.5. The van der Waals surface area contributed by atoms with E-state index in [0.29, 0.717) is 22.6 Å². The standard InChI is InChI=1S/C28H28N4O4/c1-30-15-17-31(18-16-30)21-5-7-22(8-6-21)32-25(19-11-13-29-14-12-19)24(27(34)28(32)35)26(33)20-3-9-23(36-2)10-4-20/h3-14,25,33H,15-18H2,1-2H3/b26-24+. The molecule has 8 nitrogen and oxygen atoms in total. The summed E-state index contributed by atoms with van der Waals surface area (Å²) in [5, 5.41) is 11.2. The van der Waals surface area contributed by atoms with Crippen LogP contribution in [0.1, 0.15) is 17.2 Å². The highest BCUT2D eigenvalue weighted by molar-refractivity contribution is 6.51. The number of rotatable bonds is 5. The highest BCUT2D eigenvalue weighted by Gasteiger charge is 2.47. The fourth-order valence-electron chi connectivity index (χ4n) is 4.75.